The van der Waals surface area contributed by atoms with E-state index in [-0.39, 0.29) is 18.1 Å². The summed E-state index contributed by atoms with van der Waals surface area (Å²) in [6.45, 7) is 2.92. The molecule has 0 spiro atoms. The zero-order valence-electron chi connectivity index (χ0n) is 17.2. The summed E-state index contributed by atoms with van der Waals surface area (Å²) in [6.07, 6.45) is -2.41. The molecule has 2 aromatic heterocycles. The van der Waals surface area contributed by atoms with E-state index < -0.39 is 11.9 Å². The van der Waals surface area contributed by atoms with E-state index in [4.69, 9.17) is 4.74 Å². The lowest BCUT2D eigenvalue weighted by Gasteiger charge is -2.19. The normalized spacial score (nSPS) is 17.2. The number of halogens is 3. The molecule has 0 bridgehead atoms. The summed E-state index contributed by atoms with van der Waals surface area (Å²) in [6, 6.07) is 11.2. The Kier molecular flexibility index (Phi) is 6.31. The number of benzene rings is 1. The molecule has 1 unspecified atom stereocenters. The van der Waals surface area contributed by atoms with Crippen molar-refractivity contribution in [3.8, 4) is 5.75 Å². The van der Waals surface area contributed by atoms with Gasteiger partial charge in [0.15, 0.2) is 0 Å². The number of anilines is 1. The Morgan fingerprint density at radius 3 is 2.72 bits per heavy atom. The van der Waals surface area contributed by atoms with Crippen LogP contribution in [0, 0.1) is 0 Å². The maximum Gasteiger partial charge on any atom is 0.433 e. The Hall–Kier alpha value is -3.14. The first-order valence-corrected chi connectivity index (χ1v) is 10.9. The molecule has 1 amide bonds. The van der Waals surface area contributed by atoms with Gasteiger partial charge < -0.3 is 15.0 Å². The molecular weight excluding hydrogens is 441 g/mol. The van der Waals surface area contributed by atoms with Gasteiger partial charge in [-0.3, -0.25) is 9.78 Å². The Morgan fingerprint density at radius 2 is 2.03 bits per heavy atom. The number of thiazole rings is 1. The first kappa shape index (κ1) is 22.1. The second kappa shape index (κ2) is 9.15. The summed E-state index contributed by atoms with van der Waals surface area (Å²) in [5.74, 6) is 0.792. The molecule has 1 aliphatic heterocycles. The lowest BCUT2D eigenvalue weighted by atomic mass is 10.1. The Balaban J connectivity index is 1.33. The molecule has 3 heterocycles. The number of aromatic nitrogens is 2. The van der Waals surface area contributed by atoms with Gasteiger partial charge in [-0.1, -0.05) is 18.2 Å². The number of ether oxygens (including phenoxy) is 1. The van der Waals surface area contributed by atoms with Gasteiger partial charge in [0.25, 0.3) is 5.91 Å². The summed E-state index contributed by atoms with van der Waals surface area (Å²) in [4.78, 5) is 22.2. The van der Waals surface area contributed by atoms with Gasteiger partial charge in [-0.25, -0.2) is 4.98 Å². The molecule has 32 heavy (non-hydrogen) atoms. The molecule has 168 valence electrons. The highest BCUT2D eigenvalue weighted by atomic mass is 32.1. The van der Waals surface area contributed by atoms with Gasteiger partial charge >= 0.3 is 6.18 Å². The summed E-state index contributed by atoms with van der Waals surface area (Å²) in [5, 5.41) is 2.93. The fraction of sp³-hybridized carbons (Fsp3) is 0.318. The molecule has 1 N–H and O–H groups in total. The van der Waals surface area contributed by atoms with E-state index in [2.05, 4.69) is 15.3 Å². The van der Waals surface area contributed by atoms with Crippen molar-refractivity contribution in [2.45, 2.75) is 31.7 Å². The minimum absolute atomic E-state index is 0.152. The van der Waals surface area contributed by atoms with Crippen LogP contribution in [0.2, 0.25) is 0 Å². The van der Waals surface area contributed by atoms with Gasteiger partial charge in [0, 0.05) is 13.0 Å². The average molecular weight is 462 g/mol. The third-order valence-corrected chi connectivity index (χ3v) is 5.95. The van der Waals surface area contributed by atoms with E-state index in [1.54, 1.807) is 16.5 Å². The van der Waals surface area contributed by atoms with Crippen LogP contribution in [0.25, 0.3) is 0 Å². The van der Waals surface area contributed by atoms with Gasteiger partial charge in [-0.05, 0) is 36.8 Å². The van der Waals surface area contributed by atoms with E-state index in [1.165, 1.54) is 23.6 Å². The van der Waals surface area contributed by atoms with E-state index in [0.29, 0.717) is 36.0 Å². The molecule has 1 saturated heterocycles. The van der Waals surface area contributed by atoms with Crippen molar-refractivity contribution in [2.24, 2.45) is 0 Å². The smallest absolute Gasteiger partial charge is 0.433 e. The number of nitrogens with zero attached hydrogens (tertiary/aromatic N) is 3. The molecule has 2 atom stereocenters. The number of pyridine rings is 1. The minimum Gasteiger partial charge on any atom is -0.489 e. The van der Waals surface area contributed by atoms with Crippen LogP contribution in [-0.4, -0.2) is 35.1 Å². The van der Waals surface area contributed by atoms with Crippen molar-refractivity contribution in [2.75, 3.05) is 18.0 Å². The first-order valence-electron chi connectivity index (χ1n) is 10.0. The van der Waals surface area contributed by atoms with Crippen molar-refractivity contribution in [1.82, 2.24) is 15.3 Å². The molecule has 1 fully saturated rings. The quantitative estimate of drug-likeness (QED) is 0.575. The molecule has 0 saturated carbocycles. The van der Waals surface area contributed by atoms with Crippen molar-refractivity contribution >= 4 is 23.1 Å². The number of amides is 1. The van der Waals surface area contributed by atoms with Crippen molar-refractivity contribution in [3.05, 3.63) is 70.3 Å². The standard InChI is InChI=1S/C22H21F3N4O2S/c1-14(27-21(30)18-11-26-13-32-18)15-5-7-16(8-6-15)31-17-9-10-29(12-17)20-4-2-3-19(28-20)22(23,24)25/h2-8,11,13-14,17H,9-10,12H2,1H3,(H,27,30)/t14-,17?/m0/s1. The SMILES string of the molecule is C[C@H](NC(=O)c1cncs1)c1ccc(OC2CCN(c3cccc(C(F)(F)F)n3)C2)cc1. The van der Waals surface area contributed by atoms with Crippen LogP contribution in [-0.2, 0) is 6.18 Å². The van der Waals surface area contributed by atoms with Crippen LogP contribution in [0.1, 0.15) is 40.3 Å². The zero-order chi connectivity index (χ0) is 22.7. The number of carbonyl (C=O) groups excluding carboxylic acids is 1. The van der Waals surface area contributed by atoms with Crippen LogP contribution < -0.4 is 15.0 Å². The van der Waals surface area contributed by atoms with E-state index >= 15 is 0 Å². The molecule has 4 rings (SSSR count). The van der Waals surface area contributed by atoms with E-state index in [9.17, 15) is 18.0 Å². The van der Waals surface area contributed by atoms with Crippen molar-refractivity contribution in [1.29, 1.82) is 0 Å². The lowest BCUT2D eigenvalue weighted by Crippen LogP contribution is -2.26. The summed E-state index contributed by atoms with van der Waals surface area (Å²) < 4.78 is 44.8. The molecule has 6 nitrogen and oxygen atoms in total. The van der Waals surface area contributed by atoms with Gasteiger partial charge in [-0.2, -0.15) is 13.2 Å². The monoisotopic (exact) mass is 462 g/mol. The maximum absolute atomic E-state index is 12.9. The molecule has 1 aromatic carbocycles. The fourth-order valence-electron chi connectivity index (χ4n) is 3.50. The molecule has 10 heteroatoms. The third kappa shape index (κ3) is 5.18. The predicted octanol–water partition coefficient (Wildman–Crippen LogP) is 4.71. The third-order valence-electron chi connectivity index (χ3n) is 5.18. The van der Waals surface area contributed by atoms with Crippen molar-refractivity contribution in [3.63, 3.8) is 0 Å². The Labute approximate surface area is 187 Å². The van der Waals surface area contributed by atoms with E-state index in [0.717, 1.165) is 11.6 Å². The lowest BCUT2D eigenvalue weighted by molar-refractivity contribution is -0.141. The van der Waals surface area contributed by atoms with Crippen molar-refractivity contribution < 1.29 is 22.7 Å². The van der Waals surface area contributed by atoms with Crippen LogP contribution in [0.3, 0.4) is 0 Å². The van der Waals surface area contributed by atoms with Gasteiger partial charge in [0.05, 0.1) is 24.3 Å². The minimum atomic E-state index is -4.47. The first-order chi connectivity index (χ1) is 15.3. The second-order valence-electron chi connectivity index (χ2n) is 7.48. The molecule has 0 radical (unpaired) electrons. The van der Waals surface area contributed by atoms with Gasteiger partial charge in [0.2, 0.25) is 0 Å². The average Bonchev–Trinajstić information content (AvgIpc) is 3.46. The number of rotatable bonds is 6. The summed E-state index contributed by atoms with van der Waals surface area (Å²) >= 11 is 1.28. The molecule has 3 aromatic rings. The van der Waals surface area contributed by atoms with Crippen LogP contribution >= 0.6 is 11.3 Å². The Bertz CT molecular complexity index is 1060. The number of alkyl halides is 3. The fourth-order valence-corrected chi connectivity index (χ4v) is 4.02. The zero-order valence-corrected chi connectivity index (χ0v) is 18.0. The number of carbonyl (C=O) groups is 1. The number of hydrogen-bond acceptors (Lipinski definition) is 6. The van der Waals surface area contributed by atoms with Crippen LogP contribution in [0.5, 0.6) is 5.75 Å². The highest BCUT2D eigenvalue weighted by molar-refractivity contribution is 7.11. The number of nitrogens with one attached hydrogen (secondary N) is 1. The summed E-state index contributed by atoms with van der Waals surface area (Å²) in [5.41, 5.74) is 1.64. The highest BCUT2D eigenvalue weighted by Gasteiger charge is 2.33. The van der Waals surface area contributed by atoms with Crippen LogP contribution in [0.4, 0.5) is 19.0 Å². The van der Waals surface area contributed by atoms with E-state index in [1.807, 2.05) is 31.2 Å². The predicted molar refractivity (Wildman–Crippen MR) is 115 cm³/mol. The molecule has 1 aliphatic rings. The largest absolute Gasteiger partial charge is 0.489 e. The molecular formula is C22H21F3N4O2S. The topological polar surface area (TPSA) is 67.3 Å². The van der Waals surface area contributed by atoms with Crippen LogP contribution in [0.15, 0.2) is 54.2 Å². The Morgan fingerprint density at radius 1 is 1.25 bits per heavy atom. The number of hydrogen-bond donors (Lipinski definition) is 1. The highest BCUT2D eigenvalue weighted by Crippen LogP contribution is 2.30. The van der Waals surface area contributed by atoms with Gasteiger partial charge in [0.1, 0.15) is 28.2 Å². The molecule has 0 aliphatic carbocycles. The van der Waals surface area contributed by atoms with Gasteiger partial charge in [-0.15, -0.1) is 11.3 Å². The second-order valence-corrected chi connectivity index (χ2v) is 8.37. The summed E-state index contributed by atoms with van der Waals surface area (Å²) in [7, 11) is 0. The maximum atomic E-state index is 12.9.